The zero-order valence-electron chi connectivity index (χ0n) is 2.21. The molecule has 0 amide bonds. The zero-order valence-corrected chi connectivity index (χ0v) is 4.03. The first-order valence-corrected chi connectivity index (χ1v) is 1.60. The SMILES string of the molecule is O=S(O)O.S. The summed E-state index contributed by atoms with van der Waals surface area (Å²) in [6, 6.07) is 0. The molecule has 0 unspecified atom stereocenters. The van der Waals surface area contributed by atoms with Crippen LogP contribution < -0.4 is 0 Å². The maximum atomic E-state index is 8.67. The highest BCUT2D eigenvalue weighted by atomic mass is 32.2. The fraction of sp³-hybridized carbons (Fsp3) is 0. The lowest BCUT2D eigenvalue weighted by molar-refractivity contribution is 0.454. The Kier molecular flexibility index (Phi) is 8.00. The summed E-state index contributed by atoms with van der Waals surface area (Å²) in [7, 11) is 0. The van der Waals surface area contributed by atoms with Gasteiger partial charge in [0.05, 0.1) is 0 Å². The molecule has 0 aliphatic rings. The second-order valence-corrected chi connectivity index (χ2v) is 0.692. The molecule has 0 atom stereocenters. The predicted octanol–water partition coefficient (Wildman–Crippen LogP) is -0.206. The molecule has 0 rings (SSSR count). The van der Waals surface area contributed by atoms with Crippen molar-refractivity contribution in [2.45, 2.75) is 0 Å². The van der Waals surface area contributed by atoms with Gasteiger partial charge in [-0.1, -0.05) is 0 Å². The van der Waals surface area contributed by atoms with Crippen LogP contribution in [0.1, 0.15) is 0 Å². The van der Waals surface area contributed by atoms with Gasteiger partial charge in [0.15, 0.2) is 0 Å². The van der Waals surface area contributed by atoms with E-state index in [0.717, 1.165) is 0 Å². The van der Waals surface area contributed by atoms with E-state index in [0.29, 0.717) is 0 Å². The van der Waals surface area contributed by atoms with Gasteiger partial charge < -0.3 is 0 Å². The van der Waals surface area contributed by atoms with Gasteiger partial charge in [0, 0.05) is 0 Å². The van der Waals surface area contributed by atoms with Crippen LogP contribution in [0.15, 0.2) is 0 Å². The third-order valence-corrected chi connectivity index (χ3v) is 0. The van der Waals surface area contributed by atoms with E-state index >= 15 is 0 Å². The third-order valence-electron chi connectivity index (χ3n) is 0. The summed E-state index contributed by atoms with van der Waals surface area (Å²) in [4.78, 5) is 0. The molecule has 0 aliphatic carbocycles. The molecule has 5 heteroatoms. The number of hydrogen-bond acceptors (Lipinski definition) is 1. The average molecular weight is 116 g/mol. The van der Waals surface area contributed by atoms with Crippen LogP contribution in [0, 0.1) is 0 Å². The van der Waals surface area contributed by atoms with Crippen LogP contribution in [-0.4, -0.2) is 13.3 Å². The molecular weight excluding hydrogens is 112 g/mol. The van der Waals surface area contributed by atoms with Crippen molar-refractivity contribution in [2.24, 2.45) is 0 Å². The number of hydrogen-bond donors (Lipinski definition) is 2. The maximum Gasteiger partial charge on any atom is 0.299 e. The largest absolute Gasteiger partial charge is 0.299 e. The maximum absolute atomic E-state index is 8.67. The molecule has 0 aromatic carbocycles. The Morgan fingerprint density at radius 2 is 1.40 bits per heavy atom. The first-order chi connectivity index (χ1) is 1.73. The summed E-state index contributed by atoms with van der Waals surface area (Å²) in [5.41, 5.74) is 0. The van der Waals surface area contributed by atoms with Gasteiger partial charge in [-0.05, 0) is 0 Å². The summed E-state index contributed by atoms with van der Waals surface area (Å²) >= 11 is -2.61. The fourth-order valence-corrected chi connectivity index (χ4v) is 0. The van der Waals surface area contributed by atoms with Crippen LogP contribution in [-0.2, 0) is 11.4 Å². The highest BCUT2D eigenvalue weighted by Crippen LogP contribution is 1.44. The predicted molar refractivity (Wildman–Crippen MR) is 23.8 cm³/mol. The smallest absolute Gasteiger partial charge is 0.284 e. The summed E-state index contributed by atoms with van der Waals surface area (Å²) in [5.74, 6) is 0. The van der Waals surface area contributed by atoms with E-state index in [1.54, 1.807) is 0 Å². The van der Waals surface area contributed by atoms with Crippen LogP contribution in [0.3, 0.4) is 0 Å². The van der Waals surface area contributed by atoms with Crippen molar-refractivity contribution in [3.8, 4) is 0 Å². The van der Waals surface area contributed by atoms with Crippen molar-refractivity contribution >= 4 is 24.9 Å². The van der Waals surface area contributed by atoms with E-state index in [2.05, 4.69) is 0 Å². The molecule has 0 aromatic rings. The van der Waals surface area contributed by atoms with Gasteiger partial charge in [-0.3, -0.25) is 9.11 Å². The summed E-state index contributed by atoms with van der Waals surface area (Å²) in [6.07, 6.45) is 0. The monoisotopic (exact) mass is 116 g/mol. The van der Waals surface area contributed by atoms with E-state index in [-0.39, 0.29) is 13.5 Å². The molecule has 0 radical (unpaired) electrons. The Bertz CT molecular complexity index is 27.9. The van der Waals surface area contributed by atoms with Gasteiger partial charge in [-0.25, -0.2) is 0 Å². The van der Waals surface area contributed by atoms with E-state index in [4.69, 9.17) is 13.3 Å². The Morgan fingerprint density at radius 3 is 1.40 bits per heavy atom. The Hall–Kier alpha value is 0.420. The van der Waals surface area contributed by atoms with Crippen molar-refractivity contribution in [1.29, 1.82) is 0 Å². The van der Waals surface area contributed by atoms with Crippen molar-refractivity contribution in [3.63, 3.8) is 0 Å². The lowest BCUT2D eigenvalue weighted by atomic mass is 15.8. The molecular formula is H4O3S2. The van der Waals surface area contributed by atoms with Crippen LogP contribution in [0.4, 0.5) is 0 Å². The van der Waals surface area contributed by atoms with Crippen LogP contribution in [0.2, 0.25) is 0 Å². The van der Waals surface area contributed by atoms with E-state index in [1.807, 2.05) is 0 Å². The minimum atomic E-state index is -2.61. The highest BCUT2D eigenvalue weighted by molar-refractivity contribution is 7.73. The molecule has 0 aromatic heterocycles. The van der Waals surface area contributed by atoms with Gasteiger partial charge in [0.25, 0.3) is 11.4 Å². The molecule has 0 saturated carbocycles. The van der Waals surface area contributed by atoms with Crippen LogP contribution in [0.5, 0.6) is 0 Å². The lowest BCUT2D eigenvalue weighted by Crippen LogP contribution is -1.74. The quantitative estimate of drug-likeness (QED) is 0.431. The molecule has 0 bridgehead atoms. The number of rotatable bonds is 0. The molecule has 0 heterocycles. The summed E-state index contributed by atoms with van der Waals surface area (Å²) in [5, 5.41) is 0. The molecule has 0 saturated heterocycles. The minimum absolute atomic E-state index is 0. The molecule has 5 heavy (non-hydrogen) atoms. The topological polar surface area (TPSA) is 57.5 Å². The van der Waals surface area contributed by atoms with E-state index < -0.39 is 11.4 Å². The molecule has 0 spiro atoms. The van der Waals surface area contributed by atoms with E-state index in [9.17, 15) is 0 Å². The van der Waals surface area contributed by atoms with Crippen molar-refractivity contribution in [2.75, 3.05) is 0 Å². The third kappa shape index (κ3) is 147. The minimum Gasteiger partial charge on any atom is -0.284 e. The second kappa shape index (κ2) is 4.42. The Labute approximate surface area is 38.9 Å². The highest BCUT2D eigenvalue weighted by Gasteiger charge is 1.62. The van der Waals surface area contributed by atoms with Crippen LogP contribution in [0.25, 0.3) is 0 Å². The molecule has 34 valence electrons. The summed E-state index contributed by atoms with van der Waals surface area (Å²) in [6.45, 7) is 0. The standard InChI is InChI=1S/H2O3S.H2S/c1-4(2)3;/h(H2,1,2,3);1H2. The molecule has 2 N–H and O–H groups in total. The fourth-order valence-electron chi connectivity index (χ4n) is 0. The van der Waals surface area contributed by atoms with Crippen molar-refractivity contribution < 1.29 is 13.3 Å². The normalized spacial score (nSPS) is 7.00. The van der Waals surface area contributed by atoms with Crippen LogP contribution >= 0.6 is 13.5 Å². The average Bonchev–Trinajstić information content (AvgIpc) is 0.811. The Morgan fingerprint density at radius 1 is 1.40 bits per heavy atom. The first-order valence-electron chi connectivity index (χ1n) is 0.532. The molecule has 0 aliphatic heterocycles. The van der Waals surface area contributed by atoms with Gasteiger partial charge in [-0.15, -0.1) is 0 Å². The van der Waals surface area contributed by atoms with Crippen molar-refractivity contribution in [1.82, 2.24) is 0 Å². The molecule has 0 fully saturated rings. The zero-order chi connectivity index (χ0) is 3.58. The van der Waals surface area contributed by atoms with E-state index in [1.165, 1.54) is 0 Å². The van der Waals surface area contributed by atoms with Gasteiger partial charge in [0.1, 0.15) is 0 Å². The second-order valence-electron chi connectivity index (χ2n) is 0.231. The van der Waals surface area contributed by atoms with Crippen molar-refractivity contribution in [3.05, 3.63) is 0 Å². The molecule has 3 nitrogen and oxygen atoms in total. The summed E-state index contributed by atoms with van der Waals surface area (Å²) < 4.78 is 22.8. The van der Waals surface area contributed by atoms with Gasteiger partial charge in [-0.2, -0.15) is 17.7 Å². The van der Waals surface area contributed by atoms with Gasteiger partial charge in [0.2, 0.25) is 0 Å². The Balaban J connectivity index is 0. The lowest BCUT2D eigenvalue weighted by Gasteiger charge is -1.59. The van der Waals surface area contributed by atoms with Gasteiger partial charge >= 0.3 is 0 Å². The first kappa shape index (κ1) is 9.05.